The van der Waals surface area contributed by atoms with Gasteiger partial charge in [-0.15, -0.1) is 0 Å². The normalized spacial score (nSPS) is 25.0. The van der Waals surface area contributed by atoms with Crippen molar-refractivity contribution < 1.29 is 23.4 Å². The second-order valence-electron chi connectivity index (χ2n) is 5.34. The average Bonchev–Trinajstić information content (AvgIpc) is 2.54. The predicted octanol–water partition coefficient (Wildman–Crippen LogP) is 1.16. The fourth-order valence-electron chi connectivity index (χ4n) is 2.67. The molecule has 1 fully saturated rings. The van der Waals surface area contributed by atoms with Crippen LogP contribution in [0.5, 0.6) is 0 Å². The van der Waals surface area contributed by atoms with Gasteiger partial charge in [-0.05, 0) is 11.6 Å². The van der Waals surface area contributed by atoms with E-state index in [1.807, 2.05) is 0 Å². The van der Waals surface area contributed by atoms with E-state index in [-0.39, 0.29) is 36.3 Å². The lowest BCUT2D eigenvalue weighted by Gasteiger charge is -2.36. The summed E-state index contributed by atoms with van der Waals surface area (Å²) in [4.78, 5) is 12.0. The highest BCUT2D eigenvalue weighted by molar-refractivity contribution is 5.78. The van der Waals surface area contributed by atoms with Gasteiger partial charge in [-0.25, -0.2) is 4.39 Å². The lowest BCUT2D eigenvalue weighted by molar-refractivity contribution is -0.147. The zero-order chi connectivity index (χ0) is 15.9. The van der Waals surface area contributed by atoms with Crippen molar-refractivity contribution in [2.45, 2.75) is 18.6 Å². The third kappa shape index (κ3) is 4.25. The highest BCUT2D eigenvalue weighted by atomic mass is 19.1. The summed E-state index contributed by atoms with van der Waals surface area (Å²) in [6.07, 6.45) is -0.259. The maximum Gasteiger partial charge on any atom is 0.224 e. The quantitative estimate of drug-likeness (QED) is 0.856. The van der Waals surface area contributed by atoms with E-state index in [1.165, 1.54) is 6.07 Å². The maximum atomic E-state index is 13.5. The van der Waals surface area contributed by atoms with Crippen LogP contribution < -0.4 is 5.32 Å². The van der Waals surface area contributed by atoms with E-state index in [0.29, 0.717) is 25.3 Å². The Labute approximate surface area is 129 Å². The lowest BCUT2D eigenvalue weighted by Crippen LogP contribution is -2.50. The Hall–Kier alpha value is -1.50. The molecule has 0 unspecified atom stereocenters. The van der Waals surface area contributed by atoms with Crippen LogP contribution in [0.15, 0.2) is 24.3 Å². The van der Waals surface area contributed by atoms with Crippen LogP contribution in [0, 0.1) is 11.7 Å². The van der Waals surface area contributed by atoms with Crippen LogP contribution in [0.4, 0.5) is 4.39 Å². The minimum atomic E-state index is -0.368. The number of rotatable bonds is 6. The molecule has 3 atom stereocenters. The third-order valence-electron chi connectivity index (χ3n) is 3.89. The summed E-state index contributed by atoms with van der Waals surface area (Å²) in [5, 5.41) is 2.82. The third-order valence-corrected chi connectivity index (χ3v) is 3.89. The number of methoxy groups -OCH3 is 2. The summed E-state index contributed by atoms with van der Waals surface area (Å²) < 4.78 is 29.8. The largest absolute Gasteiger partial charge is 0.378 e. The second-order valence-corrected chi connectivity index (χ2v) is 5.34. The summed E-state index contributed by atoms with van der Waals surface area (Å²) in [5.41, 5.74) is 0.387. The van der Waals surface area contributed by atoms with Gasteiger partial charge in [0, 0.05) is 26.7 Å². The highest BCUT2D eigenvalue weighted by Gasteiger charge is 2.34. The molecule has 1 aromatic carbocycles. The van der Waals surface area contributed by atoms with Gasteiger partial charge < -0.3 is 19.5 Å². The first kappa shape index (κ1) is 16.9. The van der Waals surface area contributed by atoms with Gasteiger partial charge in [-0.2, -0.15) is 0 Å². The standard InChI is InChI=1S/C16H22FNO4/c1-20-14-10-22-9-12(16(14)21-2)8-18-15(19)7-11-5-3-4-6-13(11)17/h3-6,12,14,16H,7-10H2,1-2H3,(H,18,19)/t12-,14-,16+/m1/s1. The van der Waals surface area contributed by atoms with Gasteiger partial charge in [0.05, 0.1) is 25.7 Å². The number of nitrogens with one attached hydrogen (secondary N) is 1. The molecule has 22 heavy (non-hydrogen) atoms. The Bertz CT molecular complexity index is 497. The Balaban J connectivity index is 1.86. The Morgan fingerprint density at radius 2 is 2.09 bits per heavy atom. The molecule has 0 saturated carbocycles. The lowest BCUT2D eigenvalue weighted by atomic mass is 9.96. The summed E-state index contributed by atoms with van der Waals surface area (Å²) in [5.74, 6) is -0.583. The van der Waals surface area contributed by atoms with E-state index >= 15 is 0 Å². The van der Waals surface area contributed by atoms with Crippen molar-refractivity contribution >= 4 is 5.91 Å². The molecule has 1 N–H and O–H groups in total. The van der Waals surface area contributed by atoms with Crippen LogP contribution in [0.3, 0.4) is 0 Å². The molecule has 1 aromatic rings. The van der Waals surface area contributed by atoms with E-state index in [9.17, 15) is 9.18 Å². The zero-order valence-electron chi connectivity index (χ0n) is 12.9. The highest BCUT2D eigenvalue weighted by Crippen LogP contribution is 2.19. The van der Waals surface area contributed by atoms with E-state index in [4.69, 9.17) is 14.2 Å². The molecule has 0 aliphatic carbocycles. The van der Waals surface area contributed by atoms with Gasteiger partial charge in [-0.1, -0.05) is 18.2 Å². The molecule has 1 aliphatic heterocycles. The molecule has 1 amide bonds. The van der Waals surface area contributed by atoms with Crippen LogP contribution in [-0.2, 0) is 25.4 Å². The van der Waals surface area contributed by atoms with Gasteiger partial charge in [-0.3, -0.25) is 4.79 Å². The maximum absolute atomic E-state index is 13.5. The predicted molar refractivity (Wildman–Crippen MR) is 79.0 cm³/mol. The van der Waals surface area contributed by atoms with E-state index in [1.54, 1.807) is 32.4 Å². The minimum absolute atomic E-state index is 0.00766. The molecule has 0 bridgehead atoms. The van der Waals surface area contributed by atoms with Crippen molar-refractivity contribution in [3.8, 4) is 0 Å². The van der Waals surface area contributed by atoms with E-state index in [0.717, 1.165) is 0 Å². The van der Waals surface area contributed by atoms with Gasteiger partial charge >= 0.3 is 0 Å². The molecule has 2 rings (SSSR count). The van der Waals surface area contributed by atoms with Crippen LogP contribution in [0.2, 0.25) is 0 Å². The SMILES string of the molecule is CO[C@H]1[C@H](CNC(=O)Cc2ccccc2F)COC[C@H]1OC. The number of hydrogen-bond acceptors (Lipinski definition) is 4. The zero-order valence-corrected chi connectivity index (χ0v) is 12.9. The fourth-order valence-corrected chi connectivity index (χ4v) is 2.67. The monoisotopic (exact) mass is 311 g/mol. The molecular formula is C16H22FNO4. The molecule has 1 aliphatic rings. The number of hydrogen-bond donors (Lipinski definition) is 1. The van der Waals surface area contributed by atoms with Crippen LogP contribution >= 0.6 is 0 Å². The van der Waals surface area contributed by atoms with Crippen molar-refractivity contribution in [1.29, 1.82) is 0 Å². The molecule has 0 aromatic heterocycles. The van der Waals surface area contributed by atoms with Gasteiger partial charge in [0.2, 0.25) is 5.91 Å². The fraction of sp³-hybridized carbons (Fsp3) is 0.562. The molecule has 1 heterocycles. The molecule has 5 nitrogen and oxygen atoms in total. The molecule has 1 saturated heterocycles. The molecule has 0 spiro atoms. The summed E-state index contributed by atoms with van der Waals surface area (Å²) in [6.45, 7) is 1.39. The smallest absolute Gasteiger partial charge is 0.224 e. The first-order valence-electron chi connectivity index (χ1n) is 7.29. The number of ether oxygens (including phenoxy) is 3. The number of amides is 1. The first-order chi connectivity index (χ1) is 10.7. The second kappa shape index (κ2) is 8.22. The van der Waals surface area contributed by atoms with Crippen LogP contribution in [0.25, 0.3) is 0 Å². The number of carbonyl (C=O) groups is 1. The Kier molecular flexibility index (Phi) is 6.30. The topological polar surface area (TPSA) is 56.8 Å². The molecular weight excluding hydrogens is 289 g/mol. The first-order valence-corrected chi connectivity index (χ1v) is 7.29. The summed E-state index contributed by atoms with van der Waals surface area (Å²) in [7, 11) is 3.23. The number of halogens is 1. The number of benzene rings is 1. The average molecular weight is 311 g/mol. The van der Waals surface area contributed by atoms with E-state index < -0.39 is 0 Å². The van der Waals surface area contributed by atoms with Crippen molar-refractivity contribution in [3.63, 3.8) is 0 Å². The Morgan fingerprint density at radius 1 is 1.32 bits per heavy atom. The van der Waals surface area contributed by atoms with Crippen molar-refractivity contribution in [3.05, 3.63) is 35.6 Å². The van der Waals surface area contributed by atoms with Crippen molar-refractivity contribution in [2.24, 2.45) is 5.92 Å². The summed E-state index contributed by atoms with van der Waals surface area (Å²) in [6, 6.07) is 6.27. The van der Waals surface area contributed by atoms with Crippen molar-refractivity contribution in [2.75, 3.05) is 34.0 Å². The van der Waals surface area contributed by atoms with Gasteiger partial charge in [0.15, 0.2) is 0 Å². The summed E-state index contributed by atoms with van der Waals surface area (Å²) >= 11 is 0. The number of carbonyl (C=O) groups excluding carboxylic acids is 1. The molecule has 0 radical (unpaired) electrons. The van der Waals surface area contributed by atoms with Gasteiger partial charge in [0.1, 0.15) is 11.9 Å². The minimum Gasteiger partial charge on any atom is -0.378 e. The Morgan fingerprint density at radius 3 is 2.77 bits per heavy atom. The van der Waals surface area contributed by atoms with Crippen molar-refractivity contribution in [1.82, 2.24) is 5.32 Å². The van der Waals surface area contributed by atoms with Crippen LogP contribution in [0.1, 0.15) is 5.56 Å². The van der Waals surface area contributed by atoms with Crippen LogP contribution in [-0.4, -0.2) is 52.1 Å². The van der Waals surface area contributed by atoms with Gasteiger partial charge in [0.25, 0.3) is 0 Å². The molecule has 122 valence electrons. The molecule has 6 heteroatoms. The van der Waals surface area contributed by atoms with E-state index in [2.05, 4.69) is 5.32 Å².